The summed E-state index contributed by atoms with van der Waals surface area (Å²) in [7, 11) is 2.32. The van der Waals surface area contributed by atoms with E-state index in [9.17, 15) is 0 Å². The maximum absolute atomic E-state index is 4.68. The summed E-state index contributed by atoms with van der Waals surface area (Å²) in [6, 6.07) is 12.1. The summed E-state index contributed by atoms with van der Waals surface area (Å²) in [5.74, 6) is 0.576. The van der Waals surface area contributed by atoms with Crippen molar-refractivity contribution in [1.29, 1.82) is 0 Å². The summed E-state index contributed by atoms with van der Waals surface area (Å²) in [5.41, 5.74) is 4.42. The van der Waals surface area contributed by atoms with Gasteiger partial charge in [-0.2, -0.15) is 0 Å². The zero-order chi connectivity index (χ0) is 17.4. The summed E-state index contributed by atoms with van der Waals surface area (Å²) in [6.07, 6.45) is 3.04. The largest absolute Gasteiger partial charge is 0.328 e. The number of likely N-dealkylation sites (N-methyl/N-ethyl adjacent to an activating group) is 1. The van der Waals surface area contributed by atoms with Crippen molar-refractivity contribution >= 4 is 11.8 Å². The molecular weight excluding hydrogens is 326 g/mol. The predicted molar refractivity (Wildman–Crippen MR) is 103 cm³/mol. The second-order valence-corrected chi connectivity index (χ2v) is 8.92. The minimum absolute atomic E-state index is 0.555. The molecule has 3 heterocycles. The summed E-state index contributed by atoms with van der Waals surface area (Å²) >= 11 is 1.86. The number of pyridine rings is 1. The minimum Gasteiger partial charge on any atom is -0.328 e. The number of quaternary nitrogens is 2. The molecule has 2 N–H and O–H groups in total. The van der Waals surface area contributed by atoms with Crippen molar-refractivity contribution in [2.75, 3.05) is 33.2 Å². The molecule has 0 radical (unpaired) electrons. The van der Waals surface area contributed by atoms with E-state index < -0.39 is 0 Å². The van der Waals surface area contributed by atoms with Gasteiger partial charge in [-0.15, -0.1) is 0 Å². The van der Waals surface area contributed by atoms with Crippen LogP contribution in [0.5, 0.6) is 0 Å². The Bertz CT molecular complexity index is 751. The van der Waals surface area contributed by atoms with Crippen LogP contribution in [0.3, 0.4) is 0 Å². The molecule has 0 bridgehead atoms. The smallest absolute Gasteiger partial charge is 0.127 e. The lowest BCUT2D eigenvalue weighted by atomic mass is 9.93. The number of rotatable bonds is 2. The molecule has 1 aromatic carbocycles. The van der Waals surface area contributed by atoms with Gasteiger partial charge in [-0.25, -0.2) is 4.98 Å². The van der Waals surface area contributed by atoms with Gasteiger partial charge in [0.2, 0.25) is 0 Å². The first kappa shape index (κ1) is 17.1. The van der Waals surface area contributed by atoms with Gasteiger partial charge < -0.3 is 9.80 Å². The molecule has 3 nitrogen and oxygen atoms in total. The number of hydrogen-bond acceptors (Lipinski definition) is 2. The fraction of sp³-hybridized carbons (Fsp3) is 0.476. The Morgan fingerprint density at radius 2 is 1.92 bits per heavy atom. The Morgan fingerprint density at radius 1 is 1.12 bits per heavy atom. The second-order valence-electron chi connectivity index (χ2n) is 7.89. The number of nitrogens with zero attached hydrogens (tertiary/aromatic N) is 1. The fourth-order valence-corrected chi connectivity index (χ4v) is 5.17. The molecule has 2 aromatic rings. The zero-order valence-electron chi connectivity index (χ0n) is 15.5. The van der Waals surface area contributed by atoms with Crippen LogP contribution in [0.4, 0.5) is 0 Å². The molecule has 25 heavy (non-hydrogen) atoms. The van der Waals surface area contributed by atoms with Gasteiger partial charge in [0.25, 0.3) is 0 Å². The molecule has 2 aliphatic rings. The van der Waals surface area contributed by atoms with Crippen LogP contribution in [0, 0.1) is 0 Å². The van der Waals surface area contributed by atoms with Gasteiger partial charge in [-0.05, 0) is 35.2 Å². The van der Waals surface area contributed by atoms with Gasteiger partial charge in [0.05, 0.1) is 7.05 Å². The molecule has 0 amide bonds. The summed E-state index contributed by atoms with van der Waals surface area (Å²) in [5, 5.41) is 1.20. The molecule has 0 saturated carbocycles. The SMILES string of the molecule is CC(C)c1ccc2c(c1)[C@H]([NH+]1CC[NH+](C)CC1)Cc1cccnc1S2. The average Bonchev–Trinajstić information content (AvgIpc) is 2.78. The van der Waals surface area contributed by atoms with Gasteiger partial charge in [0.15, 0.2) is 0 Å². The first-order chi connectivity index (χ1) is 12.1. The third-order valence-electron chi connectivity index (χ3n) is 5.80. The van der Waals surface area contributed by atoms with Crippen LogP contribution >= 0.6 is 11.8 Å². The second kappa shape index (κ2) is 7.10. The van der Waals surface area contributed by atoms with E-state index >= 15 is 0 Å². The standard InChI is InChI=1S/C21H27N3S/c1-15(2)16-6-7-20-18(13-16)19(24-11-9-23(3)10-12-24)14-17-5-4-8-22-21(17)25-20/h4-8,13,15,19H,9-12,14H2,1-3H3/p+2/t19-/m1/s1. The van der Waals surface area contributed by atoms with Crippen LogP contribution in [-0.4, -0.2) is 38.2 Å². The average molecular weight is 356 g/mol. The topological polar surface area (TPSA) is 21.8 Å². The van der Waals surface area contributed by atoms with Gasteiger partial charge in [0.1, 0.15) is 37.2 Å². The van der Waals surface area contributed by atoms with E-state index in [2.05, 4.69) is 56.2 Å². The molecule has 0 spiro atoms. The third kappa shape index (κ3) is 3.48. The fourth-order valence-electron chi connectivity index (χ4n) is 4.11. The number of nitrogens with one attached hydrogen (secondary N) is 2. The molecule has 4 heteroatoms. The Morgan fingerprint density at radius 3 is 2.68 bits per heavy atom. The number of hydrogen-bond donors (Lipinski definition) is 2. The van der Waals surface area contributed by atoms with Crippen molar-refractivity contribution in [3.63, 3.8) is 0 Å². The highest BCUT2D eigenvalue weighted by molar-refractivity contribution is 7.99. The van der Waals surface area contributed by atoms with Crippen molar-refractivity contribution in [2.45, 2.75) is 42.1 Å². The van der Waals surface area contributed by atoms with Gasteiger partial charge in [-0.1, -0.05) is 37.7 Å². The van der Waals surface area contributed by atoms with Crippen molar-refractivity contribution < 1.29 is 9.80 Å². The van der Waals surface area contributed by atoms with Crippen LogP contribution in [0.25, 0.3) is 0 Å². The highest BCUT2D eigenvalue weighted by Gasteiger charge is 2.34. The van der Waals surface area contributed by atoms with E-state index in [1.165, 1.54) is 47.2 Å². The monoisotopic (exact) mass is 355 g/mol. The molecule has 1 aromatic heterocycles. The Labute approximate surface area is 155 Å². The summed E-state index contributed by atoms with van der Waals surface area (Å²) in [4.78, 5) is 9.51. The third-order valence-corrected chi connectivity index (χ3v) is 6.95. The van der Waals surface area contributed by atoms with Crippen LogP contribution in [0.2, 0.25) is 0 Å². The number of fused-ring (bicyclic) bond motifs is 2. The number of aromatic nitrogens is 1. The molecule has 2 aliphatic heterocycles. The molecule has 0 aliphatic carbocycles. The Kier molecular flexibility index (Phi) is 4.85. The molecule has 4 rings (SSSR count). The number of benzene rings is 1. The van der Waals surface area contributed by atoms with Gasteiger partial charge in [0, 0.05) is 23.1 Å². The highest BCUT2D eigenvalue weighted by atomic mass is 32.2. The lowest BCUT2D eigenvalue weighted by molar-refractivity contribution is -1.02. The van der Waals surface area contributed by atoms with Crippen LogP contribution in [0.1, 0.15) is 42.5 Å². The zero-order valence-corrected chi connectivity index (χ0v) is 16.3. The Balaban J connectivity index is 1.77. The quantitative estimate of drug-likeness (QED) is 0.849. The predicted octanol–water partition coefficient (Wildman–Crippen LogP) is 1.37. The van der Waals surface area contributed by atoms with E-state index in [1.54, 1.807) is 15.4 Å². The van der Waals surface area contributed by atoms with E-state index in [-0.39, 0.29) is 0 Å². The normalized spacial score (nSPS) is 26.0. The molecule has 0 unspecified atom stereocenters. The molecule has 1 saturated heterocycles. The van der Waals surface area contributed by atoms with Crippen molar-refractivity contribution in [3.05, 3.63) is 53.2 Å². The van der Waals surface area contributed by atoms with E-state index in [0.29, 0.717) is 12.0 Å². The van der Waals surface area contributed by atoms with Crippen LogP contribution in [0.15, 0.2) is 46.5 Å². The number of piperazine rings is 1. The van der Waals surface area contributed by atoms with E-state index in [4.69, 9.17) is 0 Å². The molecule has 1 atom stereocenters. The first-order valence-corrected chi connectivity index (χ1v) is 10.3. The maximum atomic E-state index is 4.68. The lowest BCUT2D eigenvalue weighted by Gasteiger charge is -2.34. The molecule has 132 valence electrons. The maximum Gasteiger partial charge on any atom is 0.127 e. The summed E-state index contributed by atoms with van der Waals surface area (Å²) in [6.45, 7) is 9.67. The van der Waals surface area contributed by atoms with Crippen molar-refractivity contribution in [1.82, 2.24) is 4.98 Å². The Hall–Kier alpha value is -1.36. The molecular formula is C21H29N3S+2. The van der Waals surface area contributed by atoms with Crippen LogP contribution < -0.4 is 9.80 Å². The first-order valence-electron chi connectivity index (χ1n) is 9.53. The van der Waals surface area contributed by atoms with Gasteiger partial charge >= 0.3 is 0 Å². The van der Waals surface area contributed by atoms with E-state index in [1.807, 2.05) is 18.0 Å². The highest BCUT2D eigenvalue weighted by Crippen LogP contribution is 2.39. The van der Waals surface area contributed by atoms with Crippen LogP contribution in [-0.2, 0) is 6.42 Å². The summed E-state index contributed by atoms with van der Waals surface area (Å²) < 4.78 is 0. The minimum atomic E-state index is 0.555. The van der Waals surface area contributed by atoms with Gasteiger partial charge in [-0.3, -0.25) is 0 Å². The molecule has 1 fully saturated rings. The van der Waals surface area contributed by atoms with E-state index in [0.717, 1.165) is 6.42 Å². The lowest BCUT2D eigenvalue weighted by Crippen LogP contribution is -3.27. The van der Waals surface area contributed by atoms with Crippen molar-refractivity contribution in [3.8, 4) is 0 Å². The van der Waals surface area contributed by atoms with Crippen molar-refractivity contribution in [2.24, 2.45) is 0 Å².